The van der Waals surface area contributed by atoms with Crippen LogP contribution < -0.4 is 4.74 Å². The molecule has 0 spiro atoms. The molecule has 3 heterocycles. The summed E-state index contributed by atoms with van der Waals surface area (Å²) < 4.78 is 88.1. The van der Waals surface area contributed by atoms with E-state index < -0.39 is 28.7 Å². The molecular weight excluding hydrogens is 560 g/mol. The summed E-state index contributed by atoms with van der Waals surface area (Å²) in [7, 11) is -2.09. The second kappa shape index (κ2) is 10.4. The summed E-state index contributed by atoms with van der Waals surface area (Å²) >= 11 is 0. The van der Waals surface area contributed by atoms with Gasteiger partial charge in [-0.3, -0.25) is 4.98 Å². The third-order valence-electron chi connectivity index (χ3n) is 8.13. The molecule has 1 aliphatic rings. The average molecular weight is 597 g/mol. The third kappa shape index (κ3) is 4.93. The fourth-order valence-electron chi connectivity index (χ4n) is 6.22. The van der Waals surface area contributed by atoms with Gasteiger partial charge in [0.15, 0.2) is 9.84 Å². The first kappa shape index (κ1) is 24.7. The van der Waals surface area contributed by atoms with Gasteiger partial charge in [0.25, 0.3) is 0 Å². The zero-order chi connectivity index (χ0) is 32.3. The van der Waals surface area contributed by atoms with E-state index in [1.54, 1.807) is 32.3 Å². The Bertz CT molecular complexity index is 2000. The van der Waals surface area contributed by atoms with Crippen molar-refractivity contribution in [1.82, 2.24) is 24.5 Å². The fourth-order valence-corrected chi connectivity index (χ4v) is 6.86. The van der Waals surface area contributed by atoms with E-state index in [1.165, 1.54) is 10.7 Å². The lowest BCUT2D eigenvalue weighted by molar-refractivity contribution is -0.0493. The number of pyridine rings is 1. The van der Waals surface area contributed by atoms with E-state index in [9.17, 15) is 17.2 Å². The predicted molar refractivity (Wildman–Crippen MR) is 158 cm³/mol. The molecule has 0 bridgehead atoms. The Labute approximate surface area is 247 Å². The Morgan fingerprint density at radius 1 is 1.14 bits per heavy atom. The number of sulfone groups is 1. The van der Waals surface area contributed by atoms with Crippen molar-refractivity contribution >= 4 is 31.8 Å². The number of ether oxygens (including phenoxy) is 1. The zero-order valence-corrected chi connectivity index (χ0v) is 24.3. The molecule has 0 radical (unpaired) electrons. The van der Waals surface area contributed by atoms with Crippen LogP contribution in [0.15, 0.2) is 59.6 Å². The maximum absolute atomic E-state index is 14.4. The molecular formula is C31H33F2N5O3S. The van der Waals surface area contributed by atoms with Crippen molar-refractivity contribution in [2.75, 3.05) is 12.9 Å². The molecule has 1 aliphatic carbocycles. The van der Waals surface area contributed by atoms with E-state index in [-0.39, 0.29) is 54.5 Å². The van der Waals surface area contributed by atoms with E-state index >= 15 is 0 Å². The van der Waals surface area contributed by atoms with Gasteiger partial charge in [-0.2, -0.15) is 0 Å². The lowest BCUT2D eigenvalue weighted by Crippen LogP contribution is -2.30. The van der Waals surface area contributed by atoms with Gasteiger partial charge in [-0.15, -0.1) is 5.10 Å². The van der Waals surface area contributed by atoms with E-state index in [2.05, 4.69) is 10.3 Å². The van der Waals surface area contributed by atoms with Crippen LogP contribution in [0.25, 0.3) is 33.2 Å². The van der Waals surface area contributed by atoms with E-state index in [4.69, 9.17) is 13.8 Å². The maximum Gasteiger partial charge on any atom is 0.248 e. The van der Waals surface area contributed by atoms with Gasteiger partial charge >= 0.3 is 0 Å². The number of benzene rings is 2. The molecule has 5 aromatic rings. The lowest BCUT2D eigenvalue weighted by atomic mass is 9.79. The highest BCUT2D eigenvalue weighted by molar-refractivity contribution is 7.90. The Hall–Kier alpha value is -3.86. The minimum Gasteiger partial charge on any atom is -0.493 e. The number of hydrogen-bond acceptors (Lipinski definition) is 6. The number of nitrogens with zero attached hydrogens (tertiary/aromatic N) is 5. The van der Waals surface area contributed by atoms with Crippen molar-refractivity contribution in [1.29, 1.82) is 0 Å². The SMILES string of the molecule is [2H]C([2H])([2H])c1nnn(C)c1-c1cnc2c3c(OCC)cc(S(C)(=O)=O)cc3n(C(c3ccccc3)C3CCC(F)(F)CC3)c2c1. The van der Waals surface area contributed by atoms with Gasteiger partial charge in [-0.1, -0.05) is 35.5 Å². The molecule has 1 saturated carbocycles. The van der Waals surface area contributed by atoms with Crippen LogP contribution in [-0.2, 0) is 16.9 Å². The maximum atomic E-state index is 14.4. The number of hydrogen-bond donors (Lipinski definition) is 0. The van der Waals surface area contributed by atoms with Crippen LogP contribution in [0.5, 0.6) is 5.75 Å². The first-order chi connectivity index (χ1) is 21.2. The molecule has 6 rings (SSSR count). The number of aromatic nitrogens is 5. The van der Waals surface area contributed by atoms with Gasteiger partial charge in [0.1, 0.15) is 5.75 Å². The van der Waals surface area contributed by atoms with Crippen LogP contribution in [0.1, 0.15) is 54.0 Å². The van der Waals surface area contributed by atoms with Crippen LogP contribution in [-0.4, -0.2) is 51.7 Å². The molecule has 3 aromatic heterocycles. The fraction of sp³-hybridized carbons (Fsp3) is 0.387. The minimum atomic E-state index is -3.69. The molecule has 220 valence electrons. The first-order valence-electron chi connectivity index (χ1n) is 15.3. The van der Waals surface area contributed by atoms with Crippen LogP contribution in [0, 0.1) is 12.8 Å². The third-order valence-corrected chi connectivity index (χ3v) is 9.23. The van der Waals surface area contributed by atoms with Crippen molar-refractivity contribution in [3.63, 3.8) is 0 Å². The number of fused-ring (bicyclic) bond motifs is 3. The average Bonchev–Trinajstić information content (AvgIpc) is 3.52. The quantitative estimate of drug-likeness (QED) is 0.213. The number of halogens is 2. The highest BCUT2D eigenvalue weighted by Gasteiger charge is 2.40. The standard InChI is InChI=1S/C31H33F2N5O3S/c1-5-41-26-17-23(42(4,39)40)16-24-27(26)28-25(15-22(18-34-28)29-19(2)35-36-37(29)3)38(24)30(20-9-7-6-8-10-20)21-11-13-31(32,33)14-12-21/h6-10,15-18,21,30H,5,11-14H2,1-4H3/i2D3. The summed E-state index contributed by atoms with van der Waals surface area (Å²) in [6, 6.07) is 13.9. The molecule has 0 saturated heterocycles. The van der Waals surface area contributed by atoms with Crippen LogP contribution in [0.4, 0.5) is 8.78 Å². The summed E-state index contributed by atoms with van der Waals surface area (Å²) in [5.74, 6) is -2.65. The molecule has 11 heteroatoms. The molecule has 0 amide bonds. The second-order valence-electron chi connectivity index (χ2n) is 10.9. The van der Waals surface area contributed by atoms with Gasteiger partial charge in [-0.05, 0) is 56.3 Å². The molecule has 0 aliphatic heterocycles. The van der Waals surface area contributed by atoms with Crippen LogP contribution in [0.3, 0.4) is 0 Å². The molecule has 1 fully saturated rings. The topological polar surface area (TPSA) is 91.9 Å². The number of aryl methyl sites for hydroxylation is 2. The van der Waals surface area contributed by atoms with Crippen molar-refractivity contribution in [2.24, 2.45) is 13.0 Å². The molecule has 1 unspecified atom stereocenters. The van der Waals surface area contributed by atoms with E-state index in [1.807, 2.05) is 34.9 Å². The monoisotopic (exact) mass is 596 g/mol. The van der Waals surface area contributed by atoms with Crippen molar-refractivity contribution < 1.29 is 26.0 Å². The summed E-state index contributed by atoms with van der Waals surface area (Å²) in [6.07, 6.45) is 2.64. The molecule has 42 heavy (non-hydrogen) atoms. The lowest BCUT2D eigenvalue weighted by Gasteiger charge is -2.35. The van der Waals surface area contributed by atoms with Gasteiger partial charge in [0, 0.05) is 42.0 Å². The smallest absolute Gasteiger partial charge is 0.248 e. The van der Waals surface area contributed by atoms with Gasteiger partial charge in [0.2, 0.25) is 5.92 Å². The van der Waals surface area contributed by atoms with Gasteiger partial charge in [-0.25, -0.2) is 21.9 Å². The molecule has 2 aromatic carbocycles. The summed E-state index contributed by atoms with van der Waals surface area (Å²) in [5.41, 5.74) is 2.97. The zero-order valence-electron chi connectivity index (χ0n) is 26.5. The normalized spacial score (nSPS) is 18.1. The van der Waals surface area contributed by atoms with Crippen LogP contribution >= 0.6 is 0 Å². The molecule has 1 atom stereocenters. The largest absolute Gasteiger partial charge is 0.493 e. The Morgan fingerprint density at radius 3 is 2.55 bits per heavy atom. The number of alkyl halides is 2. The summed E-state index contributed by atoms with van der Waals surface area (Å²) in [4.78, 5) is 4.85. The van der Waals surface area contributed by atoms with Gasteiger partial charge < -0.3 is 9.30 Å². The number of rotatable bonds is 7. The highest BCUT2D eigenvalue weighted by atomic mass is 32.2. The Kier molecular flexibility index (Phi) is 6.15. The van der Waals surface area contributed by atoms with Crippen LogP contribution in [0.2, 0.25) is 0 Å². The second-order valence-corrected chi connectivity index (χ2v) is 13.0. The Morgan fingerprint density at radius 2 is 1.88 bits per heavy atom. The summed E-state index contributed by atoms with van der Waals surface area (Å²) in [5, 5.41) is 8.46. The Balaban J connectivity index is 1.73. The first-order valence-corrected chi connectivity index (χ1v) is 15.7. The molecule has 8 nitrogen and oxygen atoms in total. The molecule has 0 N–H and O–H groups in total. The van der Waals surface area contributed by atoms with Crippen molar-refractivity contribution in [2.45, 2.75) is 56.3 Å². The van der Waals surface area contributed by atoms with E-state index in [0.29, 0.717) is 33.2 Å². The van der Waals surface area contributed by atoms with Crippen molar-refractivity contribution in [3.05, 3.63) is 66.0 Å². The summed E-state index contributed by atoms with van der Waals surface area (Å²) in [6.45, 7) is -0.488. The van der Waals surface area contributed by atoms with Gasteiger partial charge in [0.05, 0.1) is 50.9 Å². The van der Waals surface area contributed by atoms with Crippen molar-refractivity contribution in [3.8, 4) is 17.0 Å². The minimum absolute atomic E-state index is 0.0465. The predicted octanol–water partition coefficient (Wildman–Crippen LogP) is 6.51. The van der Waals surface area contributed by atoms with E-state index in [0.717, 1.165) is 11.8 Å². The highest BCUT2D eigenvalue weighted by Crippen LogP contribution is 2.47.